The molecular weight excluding hydrogens is 400 g/mol. The Morgan fingerprint density at radius 2 is 1.42 bits per heavy atom. The van der Waals surface area contributed by atoms with E-state index in [4.69, 9.17) is 4.74 Å². The standard InChI is InChI=1S/C24H25O7/c1-15(20(26)17-9-5-3-6-10-17)16(2)21(27)24(30)19(25)13-31-14-23(24,29)22(28)18-11-7-4-8-12-18/h3-13,15-16,19,25,29-30H,14H2,1-2H3/t15?,16?,19-,23+,24-/m1/s1. The van der Waals surface area contributed by atoms with Crippen molar-refractivity contribution in [1.29, 1.82) is 0 Å². The van der Waals surface area contributed by atoms with Gasteiger partial charge in [-0.3, -0.25) is 14.4 Å². The van der Waals surface area contributed by atoms with Crippen LogP contribution in [-0.4, -0.2) is 56.6 Å². The van der Waals surface area contributed by atoms with E-state index in [0.717, 1.165) is 6.61 Å². The summed E-state index contributed by atoms with van der Waals surface area (Å²) in [6, 6.07) is 16.0. The summed E-state index contributed by atoms with van der Waals surface area (Å²) in [5.41, 5.74) is -5.22. The van der Waals surface area contributed by atoms with E-state index < -0.39 is 47.3 Å². The second-order valence-corrected chi connectivity index (χ2v) is 7.89. The van der Waals surface area contributed by atoms with Gasteiger partial charge in [0.15, 0.2) is 28.6 Å². The van der Waals surface area contributed by atoms with Gasteiger partial charge >= 0.3 is 0 Å². The molecule has 2 aromatic carbocycles. The van der Waals surface area contributed by atoms with Gasteiger partial charge < -0.3 is 20.1 Å². The Balaban J connectivity index is 1.96. The zero-order valence-corrected chi connectivity index (χ0v) is 17.3. The quantitative estimate of drug-likeness (QED) is 0.576. The minimum Gasteiger partial charge on any atom is -0.387 e. The summed E-state index contributed by atoms with van der Waals surface area (Å²) >= 11 is 0. The molecule has 0 aliphatic carbocycles. The lowest BCUT2D eigenvalue weighted by Crippen LogP contribution is -2.74. The van der Waals surface area contributed by atoms with Gasteiger partial charge in [0.1, 0.15) is 12.7 Å². The topological polar surface area (TPSA) is 121 Å². The van der Waals surface area contributed by atoms with Crippen LogP contribution >= 0.6 is 0 Å². The molecule has 1 fully saturated rings. The number of Topliss-reactive ketones (excluding diaryl/α,β-unsaturated/α-hetero) is 3. The van der Waals surface area contributed by atoms with E-state index >= 15 is 0 Å². The van der Waals surface area contributed by atoms with Gasteiger partial charge in [0.05, 0.1) is 6.61 Å². The molecule has 1 aliphatic heterocycles. The van der Waals surface area contributed by atoms with Crippen molar-refractivity contribution in [3.05, 3.63) is 78.4 Å². The smallest absolute Gasteiger partial charge is 0.200 e. The van der Waals surface area contributed by atoms with Crippen LogP contribution in [0.15, 0.2) is 60.7 Å². The Morgan fingerprint density at radius 3 is 1.97 bits per heavy atom. The maximum absolute atomic E-state index is 13.4. The third-order valence-corrected chi connectivity index (χ3v) is 6.00. The molecule has 1 saturated heterocycles. The predicted octanol–water partition coefficient (Wildman–Crippen LogP) is 1.61. The molecule has 0 aromatic heterocycles. The third-order valence-electron chi connectivity index (χ3n) is 6.00. The summed E-state index contributed by atoms with van der Waals surface area (Å²) < 4.78 is 5.02. The Hall–Kier alpha value is -2.71. The molecule has 1 aliphatic rings. The first-order valence-electron chi connectivity index (χ1n) is 9.95. The average Bonchev–Trinajstić information content (AvgIpc) is 2.81. The molecule has 2 aromatic rings. The first kappa shape index (κ1) is 23.0. The fourth-order valence-electron chi connectivity index (χ4n) is 3.80. The highest BCUT2D eigenvalue weighted by Crippen LogP contribution is 2.39. The normalized spacial score (nSPS) is 27.8. The van der Waals surface area contributed by atoms with Crippen LogP contribution in [0.5, 0.6) is 0 Å². The summed E-state index contributed by atoms with van der Waals surface area (Å²) in [5.74, 6) is -4.33. The predicted molar refractivity (Wildman–Crippen MR) is 111 cm³/mol. The van der Waals surface area contributed by atoms with Crippen LogP contribution in [0.2, 0.25) is 0 Å². The average molecular weight is 425 g/mol. The van der Waals surface area contributed by atoms with E-state index in [1.165, 1.54) is 26.0 Å². The first-order chi connectivity index (χ1) is 14.6. The van der Waals surface area contributed by atoms with Crippen LogP contribution in [0, 0.1) is 18.4 Å². The maximum Gasteiger partial charge on any atom is 0.200 e. The van der Waals surface area contributed by atoms with Gasteiger partial charge in [-0.15, -0.1) is 0 Å². The third kappa shape index (κ3) is 3.85. The number of aliphatic hydroxyl groups is 3. The van der Waals surface area contributed by atoms with Gasteiger partial charge in [0.25, 0.3) is 0 Å². The van der Waals surface area contributed by atoms with Gasteiger partial charge in [-0.2, -0.15) is 0 Å². The van der Waals surface area contributed by atoms with Crippen LogP contribution in [-0.2, 0) is 9.53 Å². The lowest BCUT2D eigenvalue weighted by atomic mass is 9.66. The summed E-state index contributed by atoms with van der Waals surface area (Å²) in [6.45, 7) is 3.02. The molecule has 3 N–H and O–H groups in total. The number of hydrogen-bond donors (Lipinski definition) is 3. The fraction of sp³-hybridized carbons (Fsp3) is 0.333. The zero-order chi connectivity index (χ0) is 22.8. The van der Waals surface area contributed by atoms with Crippen molar-refractivity contribution < 1.29 is 34.4 Å². The Morgan fingerprint density at radius 1 is 0.903 bits per heavy atom. The summed E-state index contributed by atoms with van der Waals surface area (Å²) in [4.78, 5) is 39.3. The van der Waals surface area contributed by atoms with Crippen molar-refractivity contribution >= 4 is 17.3 Å². The highest BCUT2D eigenvalue weighted by atomic mass is 16.5. The minimum absolute atomic E-state index is 0.0370. The Kier molecular flexibility index (Phi) is 6.52. The van der Waals surface area contributed by atoms with Gasteiger partial charge in [-0.1, -0.05) is 74.5 Å². The molecule has 0 amide bonds. The number of ether oxygens (including phenoxy) is 1. The Labute approximate surface area is 180 Å². The van der Waals surface area contributed by atoms with E-state index in [1.807, 2.05) is 0 Å². The number of rotatable bonds is 7. The molecule has 31 heavy (non-hydrogen) atoms. The van der Waals surface area contributed by atoms with Crippen molar-refractivity contribution in [2.45, 2.75) is 31.2 Å². The highest BCUT2D eigenvalue weighted by Gasteiger charge is 2.66. The number of carbonyl (C=O) groups is 3. The molecule has 1 radical (unpaired) electrons. The molecular formula is C24H25O7. The van der Waals surface area contributed by atoms with Crippen LogP contribution in [0.3, 0.4) is 0 Å². The maximum atomic E-state index is 13.4. The van der Waals surface area contributed by atoms with Crippen molar-refractivity contribution in [2.24, 2.45) is 11.8 Å². The van der Waals surface area contributed by atoms with Gasteiger partial charge in [0, 0.05) is 23.0 Å². The van der Waals surface area contributed by atoms with Crippen LogP contribution < -0.4 is 0 Å². The minimum atomic E-state index is -2.90. The van der Waals surface area contributed by atoms with Gasteiger partial charge in [0.2, 0.25) is 0 Å². The zero-order valence-electron chi connectivity index (χ0n) is 17.3. The van der Waals surface area contributed by atoms with Crippen molar-refractivity contribution in [1.82, 2.24) is 0 Å². The number of hydrogen-bond acceptors (Lipinski definition) is 7. The van der Waals surface area contributed by atoms with E-state index in [-0.39, 0.29) is 11.3 Å². The molecule has 163 valence electrons. The molecule has 1 heterocycles. The van der Waals surface area contributed by atoms with Crippen molar-refractivity contribution in [3.8, 4) is 0 Å². The second-order valence-electron chi connectivity index (χ2n) is 7.89. The first-order valence-corrected chi connectivity index (χ1v) is 9.95. The fourth-order valence-corrected chi connectivity index (χ4v) is 3.80. The lowest BCUT2D eigenvalue weighted by Gasteiger charge is -2.47. The highest BCUT2D eigenvalue weighted by molar-refractivity contribution is 6.10. The number of carbonyl (C=O) groups excluding carboxylic acids is 3. The molecule has 2 unspecified atom stereocenters. The van der Waals surface area contributed by atoms with Crippen LogP contribution in [0.25, 0.3) is 0 Å². The van der Waals surface area contributed by atoms with Crippen molar-refractivity contribution in [3.63, 3.8) is 0 Å². The molecule has 7 heteroatoms. The lowest BCUT2D eigenvalue weighted by molar-refractivity contribution is -0.224. The molecule has 7 nitrogen and oxygen atoms in total. The number of benzene rings is 2. The molecule has 0 spiro atoms. The largest absolute Gasteiger partial charge is 0.387 e. The van der Waals surface area contributed by atoms with E-state index in [1.54, 1.807) is 48.5 Å². The van der Waals surface area contributed by atoms with Gasteiger partial charge in [-0.05, 0) is 0 Å². The number of ketones is 3. The summed E-state index contributed by atoms with van der Waals surface area (Å²) in [7, 11) is 0. The van der Waals surface area contributed by atoms with E-state index in [0.29, 0.717) is 5.56 Å². The SMILES string of the molecule is CC(C(=O)c1ccccc1)C(C)C(=O)[C@]1(O)[C@H](O)[CH]OC[C@]1(O)C(=O)c1ccccc1. The Bertz CT molecular complexity index is 958. The van der Waals surface area contributed by atoms with Crippen LogP contribution in [0.1, 0.15) is 34.6 Å². The molecule has 3 rings (SSSR count). The summed E-state index contributed by atoms with van der Waals surface area (Å²) in [5, 5.41) is 33.0. The summed E-state index contributed by atoms with van der Waals surface area (Å²) in [6.07, 6.45) is -1.98. The molecule has 0 bridgehead atoms. The van der Waals surface area contributed by atoms with Crippen molar-refractivity contribution in [2.75, 3.05) is 6.61 Å². The van der Waals surface area contributed by atoms with E-state index in [9.17, 15) is 29.7 Å². The second kappa shape index (κ2) is 8.80. The monoisotopic (exact) mass is 425 g/mol. The van der Waals surface area contributed by atoms with Crippen LogP contribution in [0.4, 0.5) is 0 Å². The van der Waals surface area contributed by atoms with Gasteiger partial charge in [-0.25, -0.2) is 0 Å². The number of aliphatic hydroxyl groups excluding tert-OH is 1. The van der Waals surface area contributed by atoms with E-state index in [2.05, 4.69) is 0 Å². The molecule has 5 atom stereocenters. The molecule has 0 saturated carbocycles.